The van der Waals surface area contributed by atoms with E-state index < -0.39 is 4.92 Å². The molecule has 0 fully saturated rings. The molecule has 0 aromatic heterocycles. The van der Waals surface area contributed by atoms with Crippen LogP contribution in [0.5, 0.6) is 5.75 Å². The van der Waals surface area contributed by atoms with Crippen molar-refractivity contribution >= 4 is 11.7 Å². The van der Waals surface area contributed by atoms with Crippen LogP contribution in [0.4, 0.5) is 5.69 Å². The summed E-state index contributed by atoms with van der Waals surface area (Å²) >= 11 is 0. The van der Waals surface area contributed by atoms with Gasteiger partial charge in [0.1, 0.15) is 19.0 Å². The first-order valence-corrected chi connectivity index (χ1v) is 19.1. The van der Waals surface area contributed by atoms with Gasteiger partial charge < -0.3 is 37.9 Å². The van der Waals surface area contributed by atoms with Gasteiger partial charge in [0.05, 0.1) is 84.2 Å². The Balaban J connectivity index is 1.68. The van der Waals surface area contributed by atoms with Crippen molar-refractivity contribution in [1.29, 1.82) is 0 Å². The van der Waals surface area contributed by atoms with Gasteiger partial charge in [0.25, 0.3) is 5.69 Å². The van der Waals surface area contributed by atoms with Gasteiger partial charge in [-0.1, -0.05) is 96.8 Å². The number of carbonyl (C=O) groups excluding carboxylic acids is 1. The average Bonchev–Trinajstić information content (AvgIpc) is 3.12. The maximum absolute atomic E-state index is 11.9. The molecule has 0 N–H and O–H groups in total. The van der Waals surface area contributed by atoms with E-state index in [1.165, 1.54) is 95.6 Å². The Morgan fingerprint density at radius 3 is 1.22 bits per heavy atom. The summed E-state index contributed by atoms with van der Waals surface area (Å²) in [6, 6.07) is 5.92. The van der Waals surface area contributed by atoms with Crippen molar-refractivity contribution in [3.8, 4) is 5.75 Å². The van der Waals surface area contributed by atoms with Gasteiger partial charge in [0, 0.05) is 18.6 Å². The third-order valence-corrected chi connectivity index (χ3v) is 7.88. The van der Waals surface area contributed by atoms with Gasteiger partial charge in [0.2, 0.25) is 0 Å². The van der Waals surface area contributed by atoms with Gasteiger partial charge in [-0.3, -0.25) is 14.9 Å². The molecule has 290 valence electrons. The van der Waals surface area contributed by atoms with Crippen LogP contribution >= 0.6 is 0 Å². The molecule has 0 aliphatic heterocycles. The van der Waals surface area contributed by atoms with Crippen LogP contribution < -0.4 is 4.74 Å². The van der Waals surface area contributed by atoms with E-state index in [0.717, 1.165) is 12.8 Å². The van der Waals surface area contributed by atoms with Crippen molar-refractivity contribution in [1.82, 2.24) is 0 Å². The van der Waals surface area contributed by atoms with E-state index in [4.69, 9.17) is 37.9 Å². The second-order valence-corrected chi connectivity index (χ2v) is 12.2. The number of nitro benzene ring substituents is 1. The molecule has 0 saturated carbocycles. The Bertz CT molecular complexity index is 888. The Labute approximate surface area is 301 Å². The van der Waals surface area contributed by atoms with Crippen LogP contribution in [-0.2, 0) is 38.0 Å². The van der Waals surface area contributed by atoms with E-state index >= 15 is 0 Å². The zero-order valence-corrected chi connectivity index (χ0v) is 31.0. The maximum Gasteiger partial charge on any atom is 0.305 e. The topological polar surface area (TPSA) is 134 Å². The molecule has 0 bridgehead atoms. The van der Waals surface area contributed by atoms with Crippen LogP contribution in [-0.4, -0.2) is 103 Å². The van der Waals surface area contributed by atoms with Gasteiger partial charge in [-0.15, -0.1) is 0 Å². The molecule has 0 unspecified atom stereocenters. The fourth-order valence-electron chi connectivity index (χ4n) is 5.01. The number of hydrogen-bond acceptors (Lipinski definition) is 11. The molecule has 50 heavy (non-hydrogen) atoms. The summed E-state index contributed by atoms with van der Waals surface area (Å²) in [6.45, 7) is 8.27. The minimum absolute atomic E-state index is 0.0266. The molecule has 0 atom stereocenters. The minimum atomic E-state index is -0.450. The summed E-state index contributed by atoms with van der Waals surface area (Å²) in [4.78, 5) is 22.1. The molecular weight excluding hydrogens is 646 g/mol. The maximum atomic E-state index is 11.9. The Morgan fingerprint density at radius 2 is 0.840 bits per heavy atom. The van der Waals surface area contributed by atoms with Crippen LogP contribution in [0.3, 0.4) is 0 Å². The molecule has 0 radical (unpaired) electrons. The second-order valence-electron chi connectivity index (χ2n) is 12.2. The molecule has 0 heterocycles. The zero-order valence-electron chi connectivity index (χ0n) is 31.0. The number of ether oxygens (including phenoxy) is 8. The van der Waals surface area contributed by atoms with E-state index in [-0.39, 0.29) is 18.3 Å². The first-order valence-electron chi connectivity index (χ1n) is 19.1. The molecule has 0 amide bonds. The largest absolute Gasteiger partial charge is 0.491 e. The highest BCUT2D eigenvalue weighted by Gasteiger charge is 2.05. The summed E-state index contributed by atoms with van der Waals surface area (Å²) in [5, 5.41) is 10.6. The predicted molar refractivity (Wildman–Crippen MR) is 194 cm³/mol. The van der Waals surface area contributed by atoms with E-state index in [0.29, 0.717) is 98.1 Å². The zero-order chi connectivity index (χ0) is 36.0. The van der Waals surface area contributed by atoms with Crippen LogP contribution in [0.15, 0.2) is 24.3 Å². The first-order chi connectivity index (χ1) is 24.6. The molecule has 1 aromatic carbocycles. The summed E-state index contributed by atoms with van der Waals surface area (Å²) in [7, 11) is 0. The van der Waals surface area contributed by atoms with Gasteiger partial charge in [0.15, 0.2) is 0 Å². The number of carbonyl (C=O) groups is 1. The van der Waals surface area contributed by atoms with Crippen LogP contribution in [0.1, 0.15) is 110 Å². The number of hydrogen-bond donors (Lipinski definition) is 0. The van der Waals surface area contributed by atoms with Crippen molar-refractivity contribution in [2.75, 3.05) is 92.5 Å². The fourth-order valence-corrected chi connectivity index (χ4v) is 5.01. The average molecular weight is 714 g/mol. The molecule has 0 aliphatic carbocycles. The van der Waals surface area contributed by atoms with Gasteiger partial charge in [-0.05, 0) is 18.6 Å². The number of nitrogens with zero attached hydrogens (tertiary/aromatic N) is 1. The SMILES string of the molecule is CCCCCCCCCCCCCCCCCC(=O)OCCOCCOCCOCCOCCOCCOCCOc1ccc([N+](=O)[O-])cc1. The third-order valence-electron chi connectivity index (χ3n) is 7.88. The summed E-state index contributed by atoms with van der Waals surface area (Å²) in [5.74, 6) is 0.419. The standard InChI is InChI=1S/C38H67NO11/c1-2-3-4-5-6-7-8-9-10-11-12-13-14-15-16-17-38(40)50-35-33-48-31-29-46-27-25-44-23-22-43-24-26-45-28-30-47-32-34-49-37-20-18-36(19-21-37)39(41)42/h18-21H,2-17,22-35H2,1H3. The van der Waals surface area contributed by atoms with Crippen LogP contribution in [0.2, 0.25) is 0 Å². The summed E-state index contributed by atoms with van der Waals surface area (Å²) < 4.78 is 43.5. The minimum Gasteiger partial charge on any atom is -0.491 e. The van der Waals surface area contributed by atoms with Crippen LogP contribution in [0, 0.1) is 10.1 Å². The lowest BCUT2D eigenvalue weighted by Gasteiger charge is -2.09. The quantitative estimate of drug-likeness (QED) is 0.0285. The highest BCUT2D eigenvalue weighted by atomic mass is 16.6. The van der Waals surface area contributed by atoms with Crippen molar-refractivity contribution in [2.45, 2.75) is 110 Å². The molecule has 0 aliphatic rings. The molecule has 0 saturated heterocycles. The van der Waals surface area contributed by atoms with E-state index in [9.17, 15) is 14.9 Å². The van der Waals surface area contributed by atoms with E-state index in [2.05, 4.69) is 6.92 Å². The number of benzene rings is 1. The highest BCUT2D eigenvalue weighted by molar-refractivity contribution is 5.69. The molecule has 12 nitrogen and oxygen atoms in total. The molecule has 12 heteroatoms. The summed E-state index contributed by atoms with van der Waals surface area (Å²) in [5.41, 5.74) is 0.0266. The Kier molecular flexibility index (Phi) is 33.3. The van der Waals surface area contributed by atoms with Gasteiger partial charge >= 0.3 is 5.97 Å². The van der Waals surface area contributed by atoms with E-state index in [1.54, 1.807) is 12.1 Å². The van der Waals surface area contributed by atoms with Gasteiger partial charge in [-0.25, -0.2) is 0 Å². The van der Waals surface area contributed by atoms with Crippen molar-refractivity contribution in [3.05, 3.63) is 34.4 Å². The second kappa shape index (κ2) is 36.4. The summed E-state index contributed by atoms with van der Waals surface area (Å²) in [6.07, 6.45) is 20.2. The Morgan fingerprint density at radius 1 is 0.500 bits per heavy atom. The number of rotatable bonds is 39. The third kappa shape index (κ3) is 31.6. The van der Waals surface area contributed by atoms with E-state index in [1.807, 2.05) is 0 Å². The van der Waals surface area contributed by atoms with Crippen LogP contribution in [0.25, 0.3) is 0 Å². The van der Waals surface area contributed by atoms with Crippen molar-refractivity contribution in [3.63, 3.8) is 0 Å². The monoisotopic (exact) mass is 713 g/mol. The van der Waals surface area contributed by atoms with Gasteiger partial charge in [-0.2, -0.15) is 0 Å². The number of esters is 1. The number of nitro groups is 1. The smallest absolute Gasteiger partial charge is 0.305 e. The molecular formula is C38H67NO11. The number of unbranched alkanes of at least 4 members (excludes halogenated alkanes) is 14. The fraction of sp³-hybridized carbons (Fsp3) is 0.816. The molecule has 0 spiro atoms. The van der Waals surface area contributed by atoms with Crippen molar-refractivity contribution < 1.29 is 47.6 Å². The lowest BCUT2D eigenvalue weighted by atomic mass is 10.0. The lowest BCUT2D eigenvalue weighted by molar-refractivity contribution is -0.384. The highest BCUT2D eigenvalue weighted by Crippen LogP contribution is 2.17. The molecule has 1 rings (SSSR count). The van der Waals surface area contributed by atoms with Crippen molar-refractivity contribution in [2.24, 2.45) is 0 Å². The predicted octanol–water partition coefficient (Wildman–Crippen LogP) is 7.88. The Hall–Kier alpha value is -2.35. The first kappa shape index (κ1) is 45.7. The lowest BCUT2D eigenvalue weighted by Crippen LogP contribution is -2.15. The molecule has 1 aromatic rings. The number of non-ortho nitro benzene ring substituents is 1. The normalized spacial score (nSPS) is 11.2.